The van der Waals surface area contributed by atoms with E-state index in [1.54, 1.807) is 24.5 Å². The molecule has 1 N–H and O–H groups in total. The van der Waals surface area contributed by atoms with E-state index < -0.39 is 0 Å². The van der Waals surface area contributed by atoms with E-state index in [1.165, 1.54) is 0 Å². The lowest BCUT2D eigenvalue weighted by molar-refractivity contribution is 0.102. The number of hydrogen-bond donors (Lipinski definition) is 1. The van der Waals surface area contributed by atoms with E-state index in [4.69, 9.17) is 18.7 Å². The summed E-state index contributed by atoms with van der Waals surface area (Å²) in [5.74, 6) is 2.00. The van der Waals surface area contributed by atoms with E-state index >= 15 is 0 Å². The smallest absolute Gasteiger partial charge is 0.255 e. The Hall–Kier alpha value is -4.40. The molecule has 186 valence electrons. The maximum atomic E-state index is 13.3. The van der Waals surface area contributed by atoms with Crippen LogP contribution in [0, 0.1) is 0 Å². The second-order valence-electron chi connectivity index (χ2n) is 7.64. The molecule has 0 radical (unpaired) electrons. The predicted octanol–water partition coefficient (Wildman–Crippen LogP) is 5.17. The van der Waals surface area contributed by atoms with Gasteiger partial charge < -0.3 is 24.1 Å². The average Bonchev–Trinajstić information content (AvgIpc) is 3.36. The van der Waals surface area contributed by atoms with Gasteiger partial charge >= 0.3 is 0 Å². The van der Waals surface area contributed by atoms with Gasteiger partial charge in [0, 0.05) is 29.2 Å². The van der Waals surface area contributed by atoms with Crippen molar-refractivity contribution < 1.29 is 23.5 Å². The van der Waals surface area contributed by atoms with E-state index in [-0.39, 0.29) is 5.91 Å². The number of hydrogen-bond acceptors (Lipinski definition) is 8. The van der Waals surface area contributed by atoms with Crippen molar-refractivity contribution in [1.82, 2.24) is 15.1 Å². The molecule has 36 heavy (non-hydrogen) atoms. The Morgan fingerprint density at radius 3 is 2.25 bits per heavy atom. The number of para-hydroxylation sites is 1. The summed E-state index contributed by atoms with van der Waals surface area (Å²) in [7, 11) is 0. The molecule has 0 fully saturated rings. The molecule has 2 aromatic heterocycles. The highest BCUT2D eigenvalue weighted by Gasteiger charge is 2.19. The first-order chi connectivity index (χ1) is 17.6. The number of carbonyl (C=O) groups excluding carboxylic acids is 1. The molecule has 9 nitrogen and oxygen atoms in total. The molecule has 2 aromatic carbocycles. The number of carbonyl (C=O) groups is 1. The van der Waals surface area contributed by atoms with Crippen LogP contribution < -0.4 is 19.5 Å². The van der Waals surface area contributed by atoms with Crippen LogP contribution in [0.2, 0.25) is 0 Å². The molecule has 4 rings (SSSR count). The number of aromatic nitrogens is 3. The Bertz CT molecular complexity index is 1280. The van der Waals surface area contributed by atoms with Crippen molar-refractivity contribution in [2.45, 2.75) is 27.2 Å². The third kappa shape index (κ3) is 5.80. The number of nitrogens with zero attached hydrogens (tertiary/aromatic N) is 3. The topological polar surface area (TPSA) is 109 Å². The Labute approximate surface area is 209 Å². The van der Waals surface area contributed by atoms with Crippen LogP contribution in [0.1, 0.15) is 42.6 Å². The molecule has 9 heteroatoms. The van der Waals surface area contributed by atoms with Gasteiger partial charge in [0.15, 0.2) is 11.5 Å². The number of nitrogens with one attached hydrogen (secondary N) is 1. The van der Waals surface area contributed by atoms with Crippen molar-refractivity contribution in [1.29, 1.82) is 0 Å². The summed E-state index contributed by atoms with van der Waals surface area (Å²) in [4.78, 5) is 21.8. The van der Waals surface area contributed by atoms with Gasteiger partial charge in [0.1, 0.15) is 0 Å². The summed E-state index contributed by atoms with van der Waals surface area (Å²) < 4.78 is 22.7. The molecule has 0 saturated carbocycles. The fourth-order valence-corrected chi connectivity index (χ4v) is 3.62. The van der Waals surface area contributed by atoms with E-state index in [1.807, 2.05) is 57.2 Å². The molecule has 0 aliphatic heterocycles. The molecule has 1 amide bonds. The molecule has 0 atom stereocenters. The average molecular weight is 489 g/mol. The number of benzene rings is 2. The molecule has 0 saturated heterocycles. The van der Waals surface area contributed by atoms with Crippen LogP contribution in [0.5, 0.6) is 17.2 Å². The van der Waals surface area contributed by atoms with Gasteiger partial charge in [-0.25, -0.2) is 0 Å². The van der Waals surface area contributed by atoms with E-state index in [0.717, 1.165) is 11.1 Å². The first kappa shape index (κ1) is 24.7. The number of anilines is 1. The molecule has 0 aliphatic carbocycles. The second-order valence-corrected chi connectivity index (χ2v) is 7.64. The van der Waals surface area contributed by atoms with Gasteiger partial charge in [-0.1, -0.05) is 23.4 Å². The summed E-state index contributed by atoms with van der Waals surface area (Å²) in [6.07, 6.45) is 3.70. The summed E-state index contributed by atoms with van der Waals surface area (Å²) in [6.45, 7) is 6.91. The summed E-state index contributed by atoms with van der Waals surface area (Å²) in [5.41, 5.74) is 2.66. The molecular formula is C27H28N4O5. The fourth-order valence-electron chi connectivity index (χ4n) is 3.62. The Balaban J connectivity index is 1.57. The van der Waals surface area contributed by atoms with Gasteiger partial charge in [-0.2, -0.15) is 4.98 Å². The highest BCUT2D eigenvalue weighted by Crippen LogP contribution is 2.39. The van der Waals surface area contributed by atoms with E-state index in [0.29, 0.717) is 66.5 Å². The van der Waals surface area contributed by atoms with Crippen molar-refractivity contribution in [3.8, 4) is 28.6 Å². The van der Waals surface area contributed by atoms with Crippen molar-refractivity contribution >= 4 is 11.6 Å². The van der Waals surface area contributed by atoms with Crippen molar-refractivity contribution in [2.75, 3.05) is 25.1 Å². The minimum atomic E-state index is -0.310. The number of amides is 1. The molecule has 0 unspecified atom stereocenters. The second kappa shape index (κ2) is 11.8. The van der Waals surface area contributed by atoms with Gasteiger partial charge in [0.2, 0.25) is 17.5 Å². The third-order valence-corrected chi connectivity index (χ3v) is 5.19. The van der Waals surface area contributed by atoms with Crippen molar-refractivity contribution in [3.05, 3.63) is 77.9 Å². The van der Waals surface area contributed by atoms with Crippen molar-refractivity contribution in [2.24, 2.45) is 0 Å². The zero-order valence-electron chi connectivity index (χ0n) is 20.5. The number of ether oxygens (including phenoxy) is 3. The maximum Gasteiger partial charge on any atom is 0.255 e. The molecular weight excluding hydrogens is 460 g/mol. The molecule has 2 heterocycles. The van der Waals surface area contributed by atoms with Crippen LogP contribution in [0.4, 0.5) is 5.69 Å². The first-order valence-electron chi connectivity index (χ1n) is 11.8. The lowest BCUT2D eigenvalue weighted by atomic mass is 10.1. The lowest BCUT2D eigenvalue weighted by Crippen LogP contribution is -2.14. The lowest BCUT2D eigenvalue weighted by Gasteiger charge is -2.17. The van der Waals surface area contributed by atoms with Crippen LogP contribution in [0.15, 0.2) is 65.4 Å². The minimum absolute atomic E-state index is 0.310. The SMILES string of the molecule is CCOc1cc(C(=O)Nc2ccccc2Cc2nc(-c3ccncc3)no2)cc(OCC)c1OCC. The first-order valence-corrected chi connectivity index (χ1v) is 11.8. The monoisotopic (exact) mass is 488 g/mol. The standard InChI is InChI=1S/C27H28N4O5/c1-4-33-22-15-20(16-23(34-5-2)25(22)35-6-3)27(32)29-21-10-8-7-9-19(21)17-24-30-26(31-36-24)18-11-13-28-14-12-18/h7-16H,4-6,17H2,1-3H3,(H,29,32). The maximum absolute atomic E-state index is 13.3. The Morgan fingerprint density at radius 2 is 1.58 bits per heavy atom. The zero-order chi connectivity index (χ0) is 25.3. The summed E-state index contributed by atoms with van der Waals surface area (Å²) in [6, 6.07) is 14.4. The molecule has 4 aromatic rings. The van der Waals surface area contributed by atoms with Crippen LogP contribution in [0.25, 0.3) is 11.4 Å². The van der Waals surface area contributed by atoms with Gasteiger partial charge in [-0.05, 0) is 56.7 Å². The van der Waals surface area contributed by atoms with Crippen LogP contribution in [-0.4, -0.2) is 40.9 Å². The molecule has 0 bridgehead atoms. The molecule has 0 aliphatic rings. The summed E-state index contributed by atoms with van der Waals surface area (Å²) >= 11 is 0. The number of pyridine rings is 1. The van der Waals surface area contributed by atoms with Crippen LogP contribution in [0.3, 0.4) is 0 Å². The fraction of sp³-hybridized carbons (Fsp3) is 0.259. The highest BCUT2D eigenvalue weighted by atomic mass is 16.5. The van der Waals surface area contributed by atoms with E-state index in [2.05, 4.69) is 20.4 Å². The summed E-state index contributed by atoms with van der Waals surface area (Å²) in [5, 5.41) is 7.04. The van der Waals surface area contributed by atoms with Gasteiger partial charge in [-0.3, -0.25) is 9.78 Å². The van der Waals surface area contributed by atoms with Gasteiger partial charge in [0.25, 0.3) is 5.91 Å². The minimum Gasteiger partial charge on any atom is -0.490 e. The molecule has 0 spiro atoms. The highest BCUT2D eigenvalue weighted by molar-refractivity contribution is 6.05. The Kier molecular flexibility index (Phi) is 8.12. The third-order valence-electron chi connectivity index (χ3n) is 5.19. The van der Waals surface area contributed by atoms with Crippen LogP contribution in [-0.2, 0) is 6.42 Å². The number of rotatable bonds is 11. The van der Waals surface area contributed by atoms with E-state index in [9.17, 15) is 4.79 Å². The zero-order valence-corrected chi connectivity index (χ0v) is 20.5. The largest absolute Gasteiger partial charge is 0.490 e. The quantitative estimate of drug-likeness (QED) is 0.308. The normalized spacial score (nSPS) is 10.6. The van der Waals surface area contributed by atoms with Gasteiger partial charge in [0.05, 0.1) is 26.2 Å². The Morgan fingerprint density at radius 1 is 0.917 bits per heavy atom. The van der Waals surface area contributed by atoms with Gasteiger partial charge in [-0.15, -0.1) is 0 Å². The van der Waals surface area contributed by atoms with Crippen LogP contribution >= 0.6 is 0 Å². The predicted molar refractivity (Wildman–Crippen MR) is 135 cm³/mol. The van der Waals surface area contributed by atoms with Crippen molar-refractivity contribution in [3.63, 3.8) is 0 Å².